The molecular formula is C15H25N3O2. The summed E-state index contributed by atoms with van der Waals surface area (Å²) in [6.07, 6.45) is 1.69. The van der Waals surface area contributed by atoms with Crippen LogP contribution in [0.1, 0.15) is 51.2 Å². The highest BCUT2D eigenvalue weighted by Crippen LogP contribution is 2.30. The van der Waals surface area contributed by atoms with E-state index in [1.807, 2.05) is 6.92 Å². The van der Waals surface area contributed by atoms with Gasteiger partial charge in [0, 0.05) is 25.1 Å². The minimum Gasteiger partial charge on any atom is -0.376 e. The van der Waals surface area contributed by atoms with E-state index < -0.39 is 5.60 Å². The highest BCUT2D eigenvalue weighted by Gasteiger charge is 2.31. The van der Waals surface area contributed by atoms with Crippen LogP contribution in [-0.4, -0.2) is 29.7 Å². The first-order chi connectivity index (χ1) is 9.64. The van der Waals surface area contributed by atoms with Crippen LogP contribution >= 0.6 is 0 Å². The monoisotopic (exact) mass is 279 g/mol. The van der Waals surface area contributed by atoms with Crippen LogP contribution in [-0.2, 0) is 28.1 Å². The predicted molar refractivity (Wildman–Crippen MR) is 78.8 cm³/mol. The molecular weight excluding hydrogens is 254 g/mol. The van der Waals surface area contributed by atoms with Crippen molar-refractivity contribution in [3.05, 3.63) is 17.1 Å². The van der Waals surface area contributed by atoms with Gasteiger partial charge in [-0.1, -0.05) is 6.92 Å². The Morgan fingerprint density at radius 2 is 2.10 bits per heavy atom. The lowest BCUT2D eigenvalue weighted by Crippen LogP contribution is -2.30. The van der Waals surface area contributed by atoms with E-state index in [0.717, 1.165) is 48.9 Å². The van der Waals surface area contributed by atoms with Crippen molar-refractivity contribution in [3.8, 4) is 0 Å². The van der Waals surface area contributed by atoms with Gasteiger partial charge in [-0.2, -0.15) is 0 Å². The van der Waals surface area contributed by atoms with E-state index in [9.17, 15) is 0 Å². The van der Waals surface area contributed by atoms with Gasteiger partial charge in [0.1, 0.15) is 11.4 Å². The summed E-state index contributed by atoms with van der Waals surface area (Å²) in [5.41, 5.74) is 1.76. The van der Waals surface area contributed by atoms with Crippen molar-refractivity contribution in [1.82, 2.24) is 9.97 Å². The summed E-state index contributed by atoms with van der Waals surface area (Å²) in [6, 6.07) is 0. The van der Waals surface area contributed by atoms with E-state index >= 15 is 0 Å². The largest absolute Gasteiger partial charge is 0.376 e. The van der Waals surface area contributed by atoms with Gasteiger partial charge in [0.25, 0.3) is 0 Å². The van der Waals surface area contributed by atoms with Gasteiger partial charge in [-0.15, -0.1) is 0 Å². The molecule has 0 radical (unpaired) electrons. The fraction of sp³-hybridized carbons (Fsp3) is 0.733. The van der Waals surface area contributed by atoms with Crippen LogP contribution in [0.15, 0.2) is 0 Å². The van der Waals surface area contributed by atoms with E-state index in [1.54, 1.807) is 0 Å². The molecule has 0 saturated heterocycles. The summed E-state index contributed by atoms with van der Waals surface area (Å²) >= 11 is 0. The average molecular weight is 279 g/mol. The van der Waals surface area contributed by atoms with Crippen LogP contribution < -0.4 is 5.32 Å². The fourth-order valence-electron chi connectivity index (χ4n) is 2.43. The van der Waals surface area contributed by atoms with Crippen molar-refractivity contribution < 1.29 is 9.47 Å². The Balaban J connectivity index is 2.46. The lowest BCUT2D eigenvalue weighted by molar-refractivity contribution is -0.0393. The van der Waals surface area contributed by atoms with Crippen LogP contribution in [0, 0.1) is 0 Å². The van der Waals surface area contributed by atoms with Gasteiger partial charge in [0.15, 0.2) is 5.82 Å². The molecule has 1 aliphatic rings. The predicted octanol–water partition coefficient (Wildman–Crippen LogP) is 2.64. The number of fused-ring (bicyclic) bond motifs is 1. The van der Waals surface area contributed by atoms with Gasteiger partial charge in [0.2, 0.25) is 0 Å². The minimum absolute atomic E-state index is 0.424. The number of hydrogen-bond donors (Lipinski definition) is 1. The Morgan fingerprint density at radius 3 is 2.75 bits per heavy atom. The number of nitrogens with zero attached hydrogens (tertiary/aromatic N) is 2. The Labute approximate surface area is 121 Å². The third kappa shape index (κ3) is 2.94. The summed E-state index contributed by atoms with van der Waals surface area (Å²) in [5, 5.41) is 3.33. The van der Waals surface area contributed by atoms with E-state index in [2.05, 4.69) is 26.1 Å². The molecule has 1 aromatic rings. The quantitative estimate of drug-likeness (QED) is 0.867. The summed E-state index contributed by atoms with van der Waals surface area (Å²) in [4.78, 5) is 9.47. The number of rotatable bonds is 6. The molecule has 1 atom stereocenters. The third-order valence-corrected chi connectivity index (χ3v) is 3.78. The normalized spacial score (nSPS) is 17.4. The molecule has 20 heavy (non-hydrogen) atoms. The van der Waals surface area contributed by atoms with Crippen LogP contribution in [0.5, 0.6) is 0 Å². The Hall–Kier alpha value is -1.20. The highest BCUT2D eigenvalue weighted by molar-refractivity contribution is 5.47. The molecule has 0 saturated carbocycles. The van der Waals surface area contributed by atoms with Gasteiger partial charge in [-0.05, 0) is 27.2 Å². The molecule has 0 aliphatic carbocycles. The molecule has 0 spiro atoms. The van der Waals surface area contributed by atoms with Crippen molar-refractivity contribution in [3.63, 3.8) is 0 Å². The van der Waals surface area contributed by atoms with Crippen molar-refractivity contribution >= 4 is 5.82 Å². The van der Waals surface area contributed by atoms with E-state index in [-0.39, 0.29) is 0 Å². The summed E-state index contributed by atoms with van der Waals surface area (Å²) < 4.78 is 11.4. The molecule has 1 N–H and O–H groups in total. The molecule has 1 aliphatic heterocycles. The maximum Gasteiger partial charge on any atom is 0.162 e. The average Bonchev–Trinajstić information content (AvgIpc) is 2.47. The first-order valence-electron chi connectivity index (χ1n) is 7.50. The van der Waals surface area contributed by atoms with E-state index in [0.29, 0.717) is 13.2 Å². The number of ether oxygens (including phenoxy) is 2. The molecule has 1 aromatic heterocycles. The Morgan fingerprint density at radius 1 is 1.30 bits per heavy atom. The Kier molecular flexibility index (Phi) is 4.94. The lowest BCUT2D eigenvalue weighted by Gasteiger charge is -2.29. The highest BCUT2D eigenvalue weighted by atomic mass is 16.5. The molecule has 0 bridgehead atoms. The maximum atomic E-state index is 5.90. The maximum absolute atomic E-state index is 5.90. The van der Waals surface area contributed by atoms with Crippen molar-refractivity contribution in [2.45, 2.75) is 52.7 Å². The van der Waals surface area contributed by atoms with Crippen LogP contribution in [0.4, 0.5) is 5.82 Å². The van der Waals surface area contributed by atoms with Crippen LogP contribution in [0.25, 0.3) is 0 Å². The molecule has 5 heteroatoms. The van der Waals surface area contributed by atoms with Gasteiger partial charge in [-0.3, -0.25) is 0 Å². The molecule has 2 rings (SSSR count). The smallest absolute Gasteiger partial charge is 0.162 e. The minimum atomic E-state index is -0.424. The van der Waals surface area contributed by atoms with Crippen molar-refractivity contribution in [2.75, 3.05) is 25.1 Å². The van der Waals surface area contributed by atoms with Gasteiger partial charge in [-0.25, -0.2) is 9.97 Å². The molecule has 1 unspecified atom stereocenters. The lowest BCUT2D eigenvalue weighted by atomic mass is 10.0. The number of nitrogens with one attached hydrogen (secondary N) is 1. The SMILES string of the molecule is CCNc1nc(C(C)(CC)OCC)nc2c1COCC2. The van der Waals surface area contributed by atoms with Gasteiger partial charge < -0.3 is 14.8 Å². The van der Waals surface area contributed by atoms with Crippen molar-refractivity contribution in [2.24, 2.45) is 0 Å². The van der Waals surface area contributed by atoms with Crippen LogP contribution in [0.3, 0.4) is 0 Å². The van der Waals surface area contributed by atoms with Gasteiger partial charge in [0.05, 0.1) is 18.9 Å². The second-order valence-electron chi connectivity index (χ2n) is 5.17. The first-order valence-corrected chi connectivity index (χ1v) is 7.50. The summed E-state index contributed by atoms with van der Waals surface area (Å²) in [6.45, 7) is 11.1. The topological polar surface area (TPSA) is 56.3 Å². The van der Waals surface area contributed by atoms with Crippen LogP contribution in [0.2, 0.25) is 0 Å². The number of aromatic nitrogens is 2. The summed E-state index contributed by atoms with van der Waals surface area (Å²) in [5.74, 6) is 1.67. The molecule has 0 fully saturated rings. The summed E-state index contributed by atoms with van der Waals surface area (Å²) in [7, 11) is 0. The first kappa shape index (κ1) is 15.2. The molecule has 2 heterocycles. The zero-order chi connectivity index (χ0) is 14.6. The standard InChI is InChI=1S/C15H25N3O2/c1-5-15(4,20-7-3)14-17-12-8-9-19-10-11(12)13(18-14)16-6-2/h5-10H2,1-4H3,(H,16,17,18). The second kappa shape index (κ2) is 6.50. The van der Waals surface area contributed by atoms with E-state index in [4.69, 9.17) is 19.4 Å². The molecule has 0 aromatic carbocycles. The fourth-order valence-corrected chi connectivity index (χ4v) is 2.43. The van der Waals surface area contributed by atoms with E-state index in [1.165, 1.54) is 0 Å². The van der Waals surface area contributed by atoms with Gasteiger partial charge >= 0.3 is 0 Å². The molecule has 5 nitrogen and oxygen atoms in total. The van der Waals surface area contributed by atoms with Crippen molar-refractivity contribution in [1.29, 1.82) is 0 Å². The molecule has 112 valence electrons. The number of hydrogen-bond acceptors (Lipinski definition) is 5. The second-order valence-corrected chi connectivity index (χ2v) is 5.17. The zero-order valence-corrected chi connectivity index (χ0v) is 13.0. The third-order valence-electron chi connectivity index (χ3n) is 3.78. The molecule has 0 amide bonds. The number of anilines is 1. The Bertz CT molecular complexity index is 465. The zero-order valence-electron chi connectivity index (χ0n) is 13.0.